The zero-order valence-corrected chi connectivity index (χ0v) is 12.2. The fraction of sp³-hybridized carbons (Fsp3) is 0.467. The fourth-order valence-electron chi connectivity index (χ4n) is 2.18. The van der Waals surface area contributed by atoms with Crippen LogP contribution in [-0.4, -0.2) is 56.1 Å². The van der Waals surface area contributed by atoms with Gasteiger partial charge in [0.05, 0.1) is 18.7 Å². The summed E-state index contributed by atoms with van der Waals surface area (Å²) in [6.07, 6.45) is 0. The smallest absolute Gasteiger partial charge is 0.338 e. The molecule has 0 aliphatic carbocycles. The number of rotatable bonds is 5. The molecule has 1 aromatic rings. The fourth-order valence-corrected chi connectivity index (χ4v) is 2.18. The van der Waals surface area contributed by atoms with E-state index in [1.165, 1.54) is 0 Å². The minimum Gasteiger partial charge on any atom is -0.462 e. The van der Waals surface area contributed by atoms with Crippen LogP contribution in [0.5, 0.6) is 0 Å². The Balaban J connectivity index is 1.84. The highest BCUT2D eigenvalue weighted by molar-refractivity contribution is 5.94. The van der Waals surface area contributed by atoms with Gasteiger partial charge in [-0.2, -0.15) is 0 Å². The van der Waals surface area contributed by atoms with Gasteiger partial charge < -0.3 is 15.4 Å². The first-order chi connectivity index (χ1) is 10.2. The van der Waals surface area contributed by atoms with Crippen LogP contribution < -0.4 is 10.6 Å². The zero-order chi connectivity index (χ0) is 15.1. The third kappa shape index (κ3) is 4.84. The molecule has 6 nitrogen and oxygen atoms in total. The number of esters is 1. The summed E-state index contributed by atoms with van der Waals surface area (Å²) in [6.45, 7) is 6.11. The van der Waals surface area contributed by atoms with Crippen LogP contribution in [0.15, 0.2) is 24.3 Å². The molecule has 1 aliphatic heterocycles. The highest BCUT2D eigenvalue weighted by Crippen LogP contribution is 2.10. The van der Waals surface area contributed by atoms with E-state index in [0.717, 1.165) is 26.2 Å². The van der Waals surface area contributed by atoms with Crippen molar-refractivity contribution >= 4 is 17.6 Å². The van der Waals surface area contributed by atoms with Crippen molar-refractivity contribution in [3.8, 4) is 0 Å². The van der Waals surface area contributed by atoms with Crippen molar-refractivity contribution in [1.29, 1.82) is 0 Å². The predicted molar refractivity (Wildman–Crippen MR) is 80.3 cm³/mol. The van der Waals surface area contributed by atoms with E-state index >= 15 is 0 Å². The van der Waals surface area contributed by atoms with Crippen LogP contribution in [0.2, 0.25) is 0 Å². The average molecular weight is 291 g/mol. The molecule has 0 unspecified atom stereocenters. The Labute approximate surface area is 124 Å². The molecule has 0 bridgehead atoms. The molecular weight excluding hydrogens is 270 g/mol. The molecule has 0 atom stereocenters. The Bertz CT molecular complexity index is 481. The largest absolute Gasteiger partial charge is 0.462 e. The summed E-state index contributed by atoms with van der Waals surface area (Å²) in [4.78, 5) is 25.6. The standard InChI is InChI=1S/C15H21N3O3/c1-2-21-15(20)12-3-5-13(6-4-12)17-14(19)11-18-9-7-16-8-10-18/h3-6,16H,2,7-11H2,1H3,(H,17,19). The molecule has 21 heavy (non-hydrogen) atoms. The number of carbonyl (C=O) groups excluding carboxylic acids is 2. The molecule has 0 spiro atoms. The second-order valence-corrected chi connectivity index (χ2v) is 4.87. The molecule has 0 aromatic heterocycles. The van der Waals surface area contributed by atoms with Gasteiger partial charge in [0.15, 0.2) is 0 Å². The van der Waals surface area contributed by atoms with Gasteiger partial charge in [0, 0.05) is 31.9 Å². The van der Waals surface area contributed by atoms with E-state index in [-0.39, 0.29) is 11.9 Å². The van der Waals surface area contributed by atoms with Crippen LogP contribution in [-0.2, 0) is 9.53 Å². The van der Waals surface area contributed by atoms with Gasteiger partial charge in [-0.25, -0.2) is 4.79 Å². The topological polar surface area (TPSA) is 70.7 Å². The number of nitrogens with one attached hydrogen (secondary N) is 2. The van der Waals surface area contributed by atoms with Crippen LogP contribution in [0.25, 0.3) is 0 Å². The monoisotopic (exact) mass is 291 g/mol. The Morgan fingerprint density at radius 2 is 1.90 bits per heavy atom. The lowest BCUT2D eigenvalue weighted by atomic mass is 10.2. The van der Waals surface area contributed by atoms with Crippen LogP contribution in [0, 0.1) is 0 Å². The first-order valence-corrected chi connectivity index (χ1v) is 7.19. The lowest BCUT2D eigenvalue weighted by molar-refractivity contribution is -0.117. The summed E-state index contributed by atoms with van der Waals surface area (Å²) >= 11 is 0. The summed E-state index contributed by atoms with van der Waals surface area (Å²) in [6, 6.07) is 6.72. The second kappa shape index (κ2) is 7.75. The van der Waals surface area contributed by atoms with Crippen LogP contribution in [0.3, 0.4) is 0 Å². The molecule has 1 amide bonds. The summed E-state index contributed by atoms with van der Waals surface area (Å²) in [5.74, 6) is -0.392. The van der Waals surface area contributed by atoms with E-state index in [0.29, 0.717) is 24.4 Å². The van der Waals surface area contributed by atoms with Crippen molar-refractivity contribution in [2.75, 3.05) is 44.6 Å². The normalized spacial score (nSPS) is 15.5. The molecule has 0 saturated carbocycles. The van der Waals surface area contributed by atoms with Gasteiger partial charge in [-0.15, -0.1) is 0 Å². The predicted octanol–water partition coefficient (Wildman–Crippen LogP) is 0.707. The lowest BCUT2D eigenvalue weighted by Crippen LogP contribution is -2.46. The Morgan fingerprint density at radius 1 is 1.24 bits per heavy atom. The molecular formula is C15H21N3O3. The van der Waals surface area contributed by atoms with E-state index in [2.05, 4.69) is 15.5 Å². The molecule has 0 radical (unpaired) electrons. The third-order valence-corrected chi connectivity index (χ3v) is 3.26. The third-order valence-electron chi connectivity index (χ3n) is 3.26. The van der Waals surface area contributed by atoms with Gasteiger partial charge in [0.2, 0.25) is 5.91 Å². The zero-order valence-electron chi connectivity index (χ0n) is 12.2. The van der Waals surface area contributed by atoms with E-state index in [9.17, 15) is 9.59 Å². The molecule has 2 rings (SSSR count). The molecule has 1 aliphatic rings. The molecule has 1 saturated heterocycles. The van der Waals surface area contributed by atoms with Crippen molar-refractivity contribution in [3.05, 3.63) is 29.8 Å². The van der Waals surface area contributed by atoms with Crippen LogP contribution >= 0.6 is 0 Å². The SMILES string of the molecule is CCOC(=O)c1ccc(NC(=O)CN2CCNCC2)cc1. The van der Waals surface area contributed by atoms with E-state index in [4.69, 9.17) is 4.74 Å². The highest BCUT2D eigenvalue weighted by atomic mass is 16.5. The number of benzene rings is 1. The Kier molecular flexibility index (Phi) is 5.71. The number of anilines is 1. The molecule has 114 valence electrons. The van der Waals surface area contributed by atoms with Gasteiger partial charge in [-0.3, -0.25) is 9.69 Å². The van der Waals surface area contributed by atoms with Crippen LogP contribution in [0.1, 0.15) is 17.3 Å². The minimum absolute atomic E-state index is 0.0409. The van der Waals surface area contributed by atoms with Gasteiger partial charge in [0.25, 0.3) is 0 Å². The summed E-state index contributed by atoms with van der Waals surface area (Å²) in [7, 11) is 0. The molecule has 1 fully saturated rings. The first kappa shape index (κ1) is 15.5. The first-order valence-electron chi connectivity index (χ1n) is 7.19. The molecule has 6 heteroatoms. The summed E-state index contributed by atoms with van der Waals surface area (Å²) < 4.78 is 4.91. The minimum atomic E-state index is -0.351. The van der Waals surface area contributed by atoms with Crippen molar-refractivity contribution < 1.29 is 14.3 Å². The van der Waals surface area contributed by atoms with E-state index in [1.54, 1.807) is 31.2 Å². The number of amides is 1. The molecule has 1 heterocycles. The van der Waals surface area contributed by atoms with Crippen molar-refractivity contribution in [2.24, 2.45) is 0 Å². The Hall–Kier alpha value is -1.92. The van der Waals surface area contributed by atoms with Gasteiger partial charge >= 0.3 is 5.97 Å². The maximum atomic E-state index is 11.9. The summed E-state index contributed by atoms with van der Waals surface area (Å²) in [5, 5.41) is 6.08. The molecule has 1 aromatic carbocycles. The lowest BCUT2D eigenvalue weighted by Gasteiger charge is -2.26. The number of carbonyl (C=O) groups is 2. The second-order valence-electron chi connectivity index (χ2n) is 4.87. The van der Waals surface area contributed by atoms with Gasteiger partial charge in [0.1, 0.15) is 0 Å². The maximum Gasteiger partial charge on any atom is 0.338 e. The number of hydrogen-bond acceptors (Lipinski definition) is 5. The number of nitrogens with zero attached hydrogens (tertiary/aromatic N) is 1. The molecule has 2 N–H and O–H groups in total. The van der Waals surface area contributed by atoms with E-state index < -0.39 is 0 Å². The van der Waals surface area contributed by atoms with Crippen molar-refractivity contribution in [2.45, 2.75) is 6.92 Å². The highest BCUT2D eigenvalue weighted by Gasteiger charge is 2.13. The van der Waals surface area contributed by atoms with Gasteiger partial charge in [-0.1, -0.05) is 0 Å². The average Bonchev–Trinajstić information content (AvgIpc) is 2.49. The van der Waals surface area contributed by atoms with Crippen molar-refractivity contribution in [1.82, 2.24) is 10.2 Å². The Morgan fingerprint density at radius 3 is 2.52 bits per heavy atom. The maximum absolute atomic E-state index is 11.9. The van der Waals surface area contributed by atoms with Gasteiger partial charge in [-0.05, 0) is 31.2 Å². The summed E-state index contributed by atoms with van der Waals surface area (Å²) in [5.41, 5.74) is 1.17. The number of ether oxygens (including phenoxy) is 1. The quantitative estimate of drug-likeness (QED) is 0.782. The van der Waals surface area contributed by atoms with E-state index in [1.807, 2.05) is 0 Å². The number of piperazine rings is 1. The van der Waals surface area contributed by atoms with Crippen molar-refractivity contribution in [3.63, 3.8) is 0 Å². The number of hydrogen-bond donors (Lipinski definition) is 2. The van der Waals surface area contributed by atoms with Crippen LogP contribution in [0.4, 0.5) is 5.69 Å².